The molecule has 0 spiro atoms. The molecule has 1 N–H and O–H groups in total. The Morgan fingerprint density at radius 2 is 1.79 bits per heavy atom. The number of piperidine rings is 1. The number of nitrogens with one attached hydrogen (secondary N) is 1. The maximum absolute atomic E-state index is 12.5. The van der Waals surface area contributed by atoms with Gasteiger partial charge < -0.3 is 19.4 Å². The summed E-state index contributed by atoms with van der Waals surface area (Å²) in [7, 11) is 1.64. The lowest BCUT2D eigenvalue weighted by atomic mass is 10.0. The second-order valence-corrected chi connectivity index (χ2v) is 7.93. The van der Waals surface area contributed by atoms with Crippen LogP contribution in [0.4, 0.5) is 0 Å². The quantitative estimate of drug-likeness (QED) is 0.779. The Hall–Kier alpha value is -2.76. The van der Waals surface area contributed by atoms with Crippen molar-refractivity contribution in [1.82, 2.24) is 10.2 Å². The summed E-state index contributed by atoms with van der Waals surface area (Å²) in [5.74, 6) is 3.01. The van der Waals surface area contributed by atoms with Crippen molar-refractivity contribution in [1.29, 1.82) is 0 Å². The summed E-state index contributed by atoms with van der Waals surface area (Å²) in [5, 5.41) is 3.12. The first-order chi connectivity index (χ1) is 14.1. The first kappa shape index (κ1) is 19.6. The number of rotatable bonds is 7. The van der Waals surface area contributed by atoms with E-state index < -0.39 is 0 Å². The number of amides is 2. The second kappa shape index (κ2) is 8.72. The highest BCUT2D eigenvalue weighted by Crippen LogP contribution is 2.29. The van der Waals surface area contributed by atoms with Gasteiger partial charge in [0.1, 0.15) is 17.3 Å². The van der Waals surface area contributed by atoms with E-state index in [1.807, 2.05) is 41.3 Å². The van der Waals surface area contributed by atoms with Gasteiger partial charge in [0.25, 0.3) is 0 Å². The summed E-state index contributed by atoms with van der Waals surface area (Å²) in [6.45, 7) is 1.42. The van der Waals surface area contributed by atoms with Gasteiger partial charge in [-0.15, -0.1) is 0 Å². The molecule has 1 aliphatic heterocycles. The number of furan rings is 1. The summed E-state index contributed by atoms with van der Waals surface area (Å²) >= 11 is 0. The molecule has 29 heavy (non-hydrogen) atoms. The minimum absolute atomic E-state index is 0.152. The standard InChI is InChI=1S/C23H28N2O4/c1-28-19-6-4-16(5-7-19)21-10-8-20(29-21)9-11-22(26)25-14-12-18(13-15-25)24-23(27)17-2-3-17/h4-8,10,17-18H,2-3,9,11-15H2,1H3,(H,24,27). The first-order valence-corrected chi connectivity index (χ1v) is 10.4. The number of likely N-dealkylation sites (tertiary alicyclic amines) is 1. The van der Waals surface area contributed by atoms with E-state index in [1.165, 1.54) is 0 Å². The predicted octanol–water partition coefficient (Wildman–Crippen LogP) is 3.41. The molecule has 154 valence electrons. The van der Waals surface area contributed by atoms with Crippen molar-refractivity contribution in [3.8, 4) is 17.1 Å². The molecule has 1 saturated heterocycles. The maximum Gasteiger partial charge on any atom is 0.223 e. The van der Waals surface area contributed by atoms with Crippen LogP contribution in [-0.2, 0) is 16.0 Å². The van der Waals surface area contributed by atoms with E-state index in [9.17, 15) is 9.59 Å². The molecule has 2 aromatic rings. The van der Waals surface area contributed by atoms with E-state index in [4.69, 9.17) is 9.15 Å². The molecule has 2 heterocycles. The molecule has 0 atom stereocenters. The Morgan fingerprint density at radius 3 is 2.45 bits per heavy atom. The van der Waals surface area contributed by atoms with Crippen LogP contribution < -0.4 is 10.1 Å². The zero-order valence-electron chi connectivity index (χ0n) is 16.9. The van der Waals surface area contributed by atoms with Gasteiger partial charge in [-0.2, -0.15) is 0 Å². The Bertz CT molecular complexity index is 846. The van der Waals surface area contributed by atoms with Gasteiger partial charge in [0.15, 0.2) is 0 Å². The summed E-state index contributed by atoms with van der Waals surface area (Å²) < 4.78 is 11.1. The van der Waals surface area contributed by atoms with E-state index in [0.717, 1.165) is 48.5 Å². The molecule has 4 rings (SSSR count). The van der Waals surface area contributed by atoms with Crippen molar-refractivity contribution in [2.75, 3.05) is 20.2 Å². The van der Waals surface area contributed by atoms with Gasteiger partial charge >= 0.3 is 0 Å². The van der Waals surface area contributed by atoms with Crippen LogP contribution in [-0.4, -0.2) is 43.0 Å². The van der Waals surface area contributed by atoms with Gasteiger partial charge in [-0.3, -0.25) is 9.59 Å². The maximum atomic E-state index is 12.5. The number of hydrogen-bond acceptors (Lipinski definition) is 4. The average Bonchev–Trinajstić information content (AvgIpc) is 3.51. The molecule has 2 amide bonds. The van der Waals surface area contributed by atoms with E-state index in [-0.39, 0.29) is 23.8 Å². The third kappa shape index (κ3) is 5.00. The van der Waals surface area contributed by atoms with Crippen molar-refractivity contribution in [3.05, 3.63) is 42.2 Å². The average molecular weight is 396 g/mol. The van der Waals surface area contributed by atoms with Gasteiger partial charge in [-0.25, -0.2) is 0 Å². The van der Waals surface area contributed by atoms with Crippen LogP contribution in [0.5, 0.6) is 5.75 Å². The fraction of sp³-hybridized carbons (Fsp3) is 0.478. The van der Waals surface area contributed by atoms with E-state index in [2.05, 4.69) is 5.32 Å². The monoisotopic (exact) mass is 396 g/mol. The largest absolute Gasteiger partial charge is 0.497 e. The number of carbonyl (C=O) groups excluding carboxylic acids is 2. The third-order valence-electron chi connectivity index (χ3n) is 5.76. The number of benzene rings is 1. The number of hydrogen-bond donors (Lipinski definition) is 1. The van der Waals surface area contributed by atoms with Crippen LogP contribution in [0.2, 0.25) is 0 Å². The lowest BCUT2D eigenvalue weighted by Gasteiger charge is -2.32. The molecule has 1 aromatic carbocycles. The van der Waals surface area contributed by atoms with Crippen LogP contribution in [0.3, 0.4) is 0 Å². The molecule has 0 radical (unpaired) electrons. The topological polar surface area (TPSA) is 71.8 Å². The minimum atomic E-state index is 0.152. The number of ether oxygens (including phenoxy) is 1. The smallest absolute Gasteiger partial charge is 0.223 e. The molecular weight excluding hydrogens is 368 g/mol. The molecule has 1 aromatic heterocycles. The Balaban J connectivity index is 1.22. The lowest BCUT2D eigenvalue weighted by Crippen LogP contribution is -2.47. The molecule has 1 aliphatic carbocycles. The highest BCUT2D eigenvalue weighted by Gasteiger charge is 2.32. The minimum Gasteiger partial charge on any atom is -0.497 e. The molecule has 2 fully saturated rings. The van der Waals surface area contributed by atoms with E-state index in [1.54, 1.807) is 7.11 Å². The predicted molar refractivity (Wildman–Crippen MR) is 109 cm³/mol. The Labute approximate surface area is 171 Å². The van der Waals surface area contributed by atoms with Crippen molar-refractivity contribution in [3.63, 3.8) is 0 Å². The van der Waals surface area contributed by atoms with Crippen molar-refractivity contribution >= 4 is 11.8 Å². The summed E-state index contributed by atoms with van der Waals surface area (Å²) in [5.41, 5.74) is 0.985. The van der Waals surface area contributed by atoms with Crippen LogP contribution in [0, 0.1) is 5.92 Å². The third-order valence-corrected chi connectivity index (χ3v) is 5.76. The van der Waals surface area contributed by atoms with Crippen LogP contribution in [0.15, 0.2) is 40.8 Å². The fourth-order valence-electron chi connectivity index (χ4n) is 3.75. The molecule has 2 aliphatic rings. The zero-order valence-corrected chi connectivity index (χ0v) is 16.9. The molecule has 1 saturated carbocycles. The first-order valence-electron chi connectivity index (χ1n) is 10.4. The Morgan fingerprint density at radius 1 is 1.07 bits per heavy atom. The van der Waals surface area contributed by atoms with Crippen molar-refractivity contribution in [2.45, 2.75) is 44.6 Å². The van der Waals surface area contributed by atoms with Gasteiger partial charge in [0, 0.05) is 43.5 Å². The summed E-state index contributed by atoms with van der Waals surface area (Å²) in [6.07, 6.45) is 4.76. The molecule has 0 bridgehead atoms. The summed E-state index contributed by atoms with van der Waals surface area (Å²) in [4.78, 5) is 26.3. The second-order valence-electron chi connectivity index (χ2n) is 7.93. The van der Waals surface area contributed by atoms with Gasteiger partial charge in [0.05, 0.1) is 7.11 Å². The highest BCUT2D eigenvalue weighted by atomic mass is 16.5. The van der Waals surface area contributed by atoms with E-state index >= 15 is 0 Å². The number of aryl methyl sites for hydroxylation is 1. The molecule has 6 nitrogen and oxygen atoms in total. The molecule has 0 unspecified atom stereocenters. The normalized spacial score (nSPS) is 17.2. The number of carbonyl (C=O) groups is 2. The van der Waals surface area contributed by atoms with Crippen LogP contribution in [0.1, 0.15) is 37.9 Å². The van der Waals surface area contributed by atoms with Crippen LogP contribution >= 0.6 is 0 Å². The van der Waals surface area contributed by atoms with E-state index in [0.29, 0.717) is 25.9 Å². The number of methoxy groups -OCH3 is 1. The highest BCUT2D eigenvalue weighted by molar-refractivity contribution is 5.81. The molecular formula is C23H28N2O4. The zero-order chi connectivity index (χ0) is 20.2. The van der Waals surface area contributed by atoms with Gasteiger partial charge in [-0.05, 0) is 62.1 Å². The van der Waals surface area contributed by atoms with Crippen LogP contribution in [0.25, 0.3) is 11.3 Å². The lowest BCUT2D eigenvalue weighted by molar-refractivity contribution is -0.132. The van der Waals surface area contributed by atoms with Gasteiger partial charge in [-0.1, -0.05) is 0 Å². The SMILES string of the molecule is COc1ccc(-c2ccc(CCC(=O)N3CCC(NC(=O)C4CC4)CC3)o2)cc1. The van der Waals surface area contributed by atoms with Crippen molar-refractivity contribution in [2.24, 2.45) is 5.92 Å². The summed E-state index contributed by atoms with van der Waals surface area (Å²) in [6, 6.07) is 11.8. The molecule has 6 heteroatoms. The van der Waals surface area contributed by atoms with Gasteiger partial charge in [0.2, 0.25) is 11.8 Å². The fourth-order valence-corrected chi connectivity index (χ4v) is 3.75. The number of nitrogens with zero attached hydrogens (tertiary/aromatic N) is 1. The Kier molecular flexibility index (Phi) is 5.88. The van der Waals surface area contributed by atoms with Crippen molar-refractivity contribution < 1.29 is 18.7 Å².